The van der Waals surface area contributed by atoms with Gasteiger partial charge < -0.3 is 10.6 Å². The highest BCUT2D eigenvalue weighted by Crippen LogP contribution is 2.18. The fourth-order valence-corrected chi connectivity index (χ4v) is 2.17. The summed E-state index contributed by atoms with van der Waals surface area (Å²) in [5.41, 5.74) is 0.786. The largest absolute Gasteiger partial charge is 0.332 e. The lowest BCUT2D eigenvalue weighted by Crippen LogP contribution is -2.38. The van der Waals surface area contributed by atoms with Gasteiger partial charge in [-0.05, 0) is 49.2 Å². The molecule has 0 bridgehead atoms. The van der Waals surface area contributed by atoms with Crippen LogP contribution in [-0.4, -0.2) is 6.03 Å². The van der Waals surface area contributed by atoms with Crippen molar-refractivity contribution >= 4 is 6.03 Å². The van der Waals surface area contributed by atoms with E-state index < -0.39 is 41.4 Å². The van der Waals surface area contributed by atoms with E-state index in [1.807, 2.05) is 0 Å². The number of hydrogen-bond donors (Lipinski definition) is 2. The Kier molecular flexibility index (Phi) is 5.43. The highest BCUT2D eigenvalue weighted by molar-refractivity contribution is 5.74. The molecule has 0 aliphatic heterocycles. The molecule has 0 aliphatic rings. The maximum atomic E-state index is 13.2. The van der Waals surface area contributed by atoms with E-state index in [-0.39, 0.29) is 0 Å². The Bertz CT molecular complexity index is 690. The van der Waals surface area contributed by atoms with Gasteiger partial charge >= 0.3 is 6.03 Å². The molecule has 0 spiro atoms. The zero-order chi connectivity index (χ0) is 17.9. The van der Waals surface area contributed by atoms with Crippen LogP contribution in [0, 0.1) is 23.3 Å². The van der Waals surface area contributed by atoms with E-state index in [0.717, 1.165) is 24.3 Å². The van der Waals surface area contributed by atoms with Gasteiger partial charge in [0, 0.05) is 0 Å². The average molecular weight is 340 g/mol. The SMILES string of the molecule is C[C@H](NC(=O)N[C@@H](C)c1ccc(F)c(F)c1)c1ccc(F)c(F)c1. The predicted molar refractivity (Wildman–Crippen MR) is 81.2 cm³/mol. The second-order valence-corrected chi connectivity index (χ2v) is 5.41. The van der Waals surface area contributed by atoms with E-state index in [9.17, 15) is 22.4 Å². The van der Waals surface area contributed by atoms with Crippen molar-refractivity contribution in [3.63, 3.8) is 0 Å². The zero-order valence-corrected chi connectivity index (χ0v) is 13.0. The van der Waals surface area contributed by atoms with Crippen LogP contribution in [0.15, 0.2) is 36.4 Å². The number of nitrogens with one attached hydrogen (secondary N) is 2. The van der Waals surface area contributed by atoms with Gasteiger partial charge in [0.1, 0.15) is 0 Å². The van der Waals surface area contributed by atoms with Crippen LogP contribution in [0.1, 0.15) is 37.1 Å². The number of benzene rings is 2. The summed E-state index contributed by atoms with van der Waals surface area (Å²) in [4.78, 5) is 12.0. The van der Waals surface area contributed by atoms with Crippen molar-refractivity contribution in [1.29, 1.82) is 0 Å². The molecule has 2 aromatic carbocycles. The lowest BCUT2D eigenvalue weighted by atomic mass is 10.1. The van der Waals surface area contributed by atoms with Crippen LogP contribution in [0.25, 0.3) is 0 Å². The molecule has 0 unspecified atom stereocenters. The molecule has 0 aromatic heterocycles. The molecule has 2 rings (SSSR count). The average Bonchev–Trinajstić information content (AvgIpc) is 2.52. The first-order valence-electron chi connectivity index (χ1n) is 7.25. The van der Waals surface area contributed by atoms with E-state index in [0.29, 0.717) is 11.1 Å². The highest BCUT2D eigenvalue weighted by atomic mass is 19.2. The second-order valence-electron chi connectivity index (χ2n) is 5.41. The molecule has 2 N–H and O–H groups in total. The summed E-state index contributed by atoms with van der Waals surface area (Å²) < 4.78 is 52.2. The molecule has 2 atom stereocenters. The number of rotatable bonds is 4. The van der Waals surface area contributed by atoms with Crippen molar-refractivity contribution in [2.45, 2.75) is 25.9 Å². The molecular weight excluding hydrogens is 324 g/mol. The Hall–Kier alpha value is -2.57. The van der Waals surface area contributed by atoms with Crippen LogP contribution in [0.2, 0.25) is 0 Å². The van der Waals surface area contributed by atoms with Crippen molar-refractivity contribution < 1.29 is 22.4 Å². The van der Waals surface area contributed by atoms with Gasteiger partial charge in [0.05, 0.1) is 12.1 Å². The third-order valence-electron chi connectivity index (χ3n) is 3.58. The Morgan fingerprint density at radius 3 is 1.46 bits per heavy atom. The van der Waals surface area contributed by atoms with E-state index in [2.05, 4.69) is 10.6 Å². The van der Waals surface area contributed by atoms with Gasteiger partial charge in [0.25, 0.3) is 0 Å². The fourth-order valence-electron chi connectivity index (χ4n) is 2.17. The van der Waals surface area contributed by atoms with Gasteiger partial charge in [-0.15, -0.1) is 0 Å². The molecule has 7 heteroatoms. The second kappa shape index (κ2) is 7.33. The van der Waals surface area contributed by atoms with Crippen molar-refractivity contribution in [3.8, 4) is 0 Å². The predicted octanol–water partition coefficient (Wildman–Crippen LogP) is 4.36. The quantitative estimate of drug-likeness (QED) is 0.798. The normalized spacial score (nSPS) is 13.2. The highest BCUT2D eigenvalue weighted by Gasteiger charge is 2.15. The van der Waals surface area contributed by atoms with Crippen LogP contribution in [0.5, 0.6) is 0 Å². The Balaban J connectivity index is 1.98. The first kappa shape index (κ1) is 17.8. The number of urea groups is 1. The van der Waals surface area contributed by atoms with Gasteiger partial charge in [-0.25, -0.2) is 22.4 Å². The minimum atomic E-state index is -1.00. The minimum absolute atomic E-state index is 0.393. The van der Waals surface area contributed by atoms with Crippen LogP contribution in [-0.2, 0) is 0 Å². The van der Waals surface area contributed by atoms with Gasteiger partial charge in [0.2, 0.25) is 0 Å². The van der Waals surface area contributed by atoms with Crippen molar-refractivity contribution in [2.24, 2.45) is 0 Å². The van der Waals surface area contributed by atoms with Crippen LogP contribution in [0.3, 0.4) is 0 Å². The van der Waals surface area contributed by atoms with Gasteiger partial charge in [-0.2, -0.15) is 0 Å². The van der Waals surface area contributed by atoms with Crippen molar-refractivity contribution in [1.82, 2.24) is 10.6 Å². The molecule has 0 saturated carbocycles. The maximum Gasteiger partial charge on any atom is 0.315 e. The molecule has 2 amide bonds. The van der Waals surface area contributed by atoms with E-state index in [1.54, 1.807) is 13.8 Å². The van der Waals surface area contributed by atoms with Crippen LogP contribution >= 0.6 is 0 Å². The lowest BCUT2D eigenvalue weighted by molar-refractivity contribution is 0.235. The van der Waals surface area contributed by atoms with Gasteiger partial charge in [-0.3, -0.25) is 0 Å². The zero-order valence-electron chi connectivity index (χ0n) is 13.0. The smallest absolute Gasteiger partial charge is 0.315 e. The Morgan fingerprint density at radius 1 is 0.750 bits per heavy atom. The van der Waals surface area contributed by atoms with Gasteiger partial charge in [0.15, 0.2) is 23.3 Å². The van der Waals surface area contributed by atoms with E-state index in [1.165, 1.54) is 12.1 Å². The van der Waals surface area contributed by atoms with Crippen LogP contribution < -0.4 is 10.6 Å². The van der Waals surface area contributed by atoms with Crippen molar-refractivity contribution in [2.75, 3.05) is 0 Å². The molecule has 0 heterocycles. The van der Waals surface area contributed by atoms with Crippen molar-refractivity contribution in [3.05, 3.63) is 70.8 Å². The fraction of sp³-hybridized carbons (Fsp3) is 0.235. The van der Waals surface area contributed by atoms with E-state index >= 15 is 0 Å². The molecule has 3 nitrogen and oxygen atoms in total. The summed E-state index contributed by atoms with van der Waals surface area (Å²) in [6, 6.07) is 4.96. The third-order valence-corrected chi connectivity index (χ3v) is 3.58. The number of carbonyl (C=O) groups excluding carboxylic acids is 1. The number of hydrogen-bond acceptors (Lipinski definition) is 1. The Morgan fingerprint density at radius 2 is 1.12 bits per heavy atom. The molecule has 24 heavy (non-hydrogen) atoms. The summed E-state index contributed by atoms with van der Waals surface area (Å²) >= 11 is 0. The molecule has 0 radical (unpaired) electrons. The molecule has 2 aromatic rings. The topological polar surface area (TPSA) is 41.1 Å². The summed E-state index contributed by atoms with van der Waals surface area (Å²) in [7, 11) is 0. The number of carbonyl (C=O) groups is 1. The third kappa shape index (κ3) is 4.24. The summed E-state index contributed by atoms with van der Waals surface area (Å²) in [5, 5.41) is 5.13. The molecular formula is C17H16F4N2O. The molecule has 0 aliphatic carbocycles. The lowest BCUT2D eigenvalue weighted by Gasteiger charge is -2.19. The standard InChI is InChI=1S/C17H16F4N2O/c1-9(11-3-5-13(18)15(20)7-11)22-17(24)23-10(2)12-4-6-14(19)16(21)8-12/h3-10H,1-2H3,(H2,22,23,24)/t9-,10-/m0/s1. The summed E-state index contributed by atoms with van der Waals surface area (Å²) in [6.07, 6.45) is 0. The molecule has 0 fully saturated rings. The van der Waals surface area contributed by atoms with Crippen LogP contribution in [0.4, 0.5) is 22.4 Å². The number of amides is 2. The minimum Gasteiger partial charge on any atom is -0.332 e. The molecule has 128 valence electrons. The van der Waals surface area contributed by atoms with E-state index in [4.69, 9.17) is 0 Å². The summed E-state index contributed by atoms with van der Waals surface area (Å²) in [6.45, 7) is 3.21. The monoisotopic (exact) mass is 340 g/mol. The molecule has 0 saturated heterocycles. The first-order valence-corrected chi connectivity index (χ1v) is 7.25. The maximum absolute atomic E-state index is 13.2. The first-order chi connectivity index (χ1) is 11.3. The number of halogens is 4. The summed E-state index contributed by atoms with van der Waals surface area (Å²) in [5.74, 6) is -3.95. The van der Waals surface area contributed by atoms with Gasteiger partial charge in [-0.1, -0.05) is 12.1 Å². The Labute approximate surface area is 136 Å².